The highest BCUT2D eigenvalue weighted by Crippen LogP contribution is 2.04. The van der Waals surface area contributed by atoms with Gasteiger partial charge in [0.1, 0.15) is 0 Å². The Bertz CT molecular complexity index is 355. The normalized spacial score (nSPS) is 19.9. The summed E-state index contributed by atoms with van der Waals surface area (Å²) >= 11 is 0. The van der Waals surface area contributed by atoms with Crippen molar-refractivity contribution >= 4 is 5.91 Å². The van der Waals surface area contributed by atoms with Crippen LogP contribution in [0.1, 0.15) is 18.5 Å². The van der Waals surface area contributed by atoms with Gasteiger partial charge in [0.05, 0.1) is 6.04 Å². The molecular weight excluding hydrogens is 204 g/mol. The Hall–Kier alpha value is -1.36. The van der Waals surface area contributed by atoms with Crippen LogP contribution in [0.25, 0.3) is 0 Å². The summed E-state index contributed by atoms with van der Waals surface area (Å²) in [5.74, 6) is 0.125. The van der Waals surface area contributed by atoms with Gasteiger partial charge in [-0.05, 0) is 25.5 Å². The Morgan fingerprint density at radius 1 is 1.75 bits per heavy atom. The molecule has 1 fully saturated rings. The lowest BCUT2D eigenvalue weighted by molar-refractivity contribution is -0.122. The van der Waals surface area contributed by atoms with Crippen LogP contribution in [-0.4, -0.2) is 34.8 Å². The SMILES string of the molecule is Cn1nccc1CCNC(=O)[C@H]1CCCN1. The first-order valence-corrected chi connectivity index (χ1v) is 5.75. The second-order valence-corrected chi connectivity index (χ2v) is 4.14. The van der Waals surface area contributed by atoms with Crippen LogP contribution in [0.4, 0.5) is 0 Å². The molecule has 0 aliphatic carbocycles. The molecule has 1 amide bonds. The molecule has 88 valence electrons. The van der Waals surface area contributed by atoms with Crippen molar-refractivity contribution < 1.29 is 4.79 Å². The van der Waals surface area contributed by atoms with Gasteiger partial charge in [0, 0.05) is 31.9 Å². The number of aryl methyl sites for hydroxylation is 1. The van der Waals surface area contributed by atoms with E-state index in [4.69, 9.17) is 0 Å². The molecule has 1 aliphatic rings. The minimum atomic E-state index is 0.0199. The molecule has 1 aliphatic heterocycles. The molecule has 0 unspecified atom stereocenters. The highest BCUT2D eigenvalue weighted by atomic mass is 16.2. The maximum Gasteiger partial charge on any atom is 0.237 e. The van der Waals surface area contributed by atoms with Gasteiger partial charge in [-0.1, -0.05) is 0 Å². The third-order valence-corrected chi connectivity index (χ3v) is 2.98. The Morgan fingerprint density at radius 2 is 2.62 bits per heavy atom. The number of amides is 1. The van der Waals surface area contributed by atoms with Gasteiger partial charge in [0.2, 0.25) is 5.91 Å². The van der Waals surface area contributed by atoms with Crippen molar-refractivity contribution in [2.45, 2.75) is 25.3 Å². The second-order valence-electron chi connectivity index (χ2n) is 4.14. The van der Waals surface area contributed by atoms with Crippen LogP contribution < -0.4 is 10.6 Å². The van der Waals surface area contributed by atoms with Crippen LogP contribution in [0.3, 0.4) is 0 Å². The summed E-state index contributed by atoms with van der Waals surface area (Å²) in [5, 5.41) is 10.2. The summed E-state index contributed by atoms with van der Waals surface area (Å²) in [5.41, 5.74) is 1.14. The van der Waals surface area contributed by atoms with Crippen molar-refractivity contribution in [1.82, 2.24) is 20.4 Å². The number of carbonyl (C=O) groups excluding carboxylic acids is 1. The summed E-state index contributed by atoms with van der Waals surface area (Å²) in [6.07, 6.45) is 4.65. The lowest BCUT2D eigenvalue weighted by Crippen LogP contribution is -2.41. The molecule has 0 radical (unpaired) electrons. The fourth-order valence-corrected chi connectivity index (χ4v) is 1.99. The first kappa shape index (κ1) is 11.1. The number of hydrogen-bond donors (Lipinski definition) is 2. The van der Waals surface area contributed by atoms with Gasteiger partial charge in [0.15, 0.2) is 0 Å². The third-order valence-electron chi connectivity index (χ3n) is 2.98. The van der Waals surface area contributed by atoms with Gasteiger partial charge in [-0.15, -0.1) is 0 Å². The van der Waals surface area contributed by atoms with Gasteiger partial charge >= 0.3 is 0 Å². The van der Waals surface area contributed by atoms with E-state index in [1.807, 2.05) is 17.8 Å². The Kier molecular flexibility index (Phi) is 3.56. The summed E-state index contributed by atoms with van der Waals surface area (Å²) < 4.78 is 1.83. The van der Waals surface area contributed by atoms with Crippen molar-refractivity contribution in [2.24, 2.45) is 7.05 Å². The molecule has 1 aromatic rings. The first-order chi connectivity index (χ1) is 7.77. The van der Waals surface area contributed by atoms with Crippen LogP contribution in [0.5, 0.6) is 0 Å². The van der Waals surface area contributed by atoms with Crippen LogP contribution >= 0.6 is 0 Å². The van der Waals surface area contributed by atoms with Gasteiger partial charge < -0.3 is 10.6 Å². The van der Waals surface area contributed by atoms with E-state index in [9.17, 15) is 4.79 Å². The summed E-state index contributed by atoms with van der Waals surface area (Å²) in [7, 11) is 1.91. The molecule has 2 rings (SSSR count). The van der Waals surface area contributed by atoms with Crippen molar-refractivity contribution in [1.29, 1.82) is 0 Å². The molecule has 16 heavy (non-hydrogen) atoms. The molecule has 1 atom stereocenters. The van der Waals surface area contributed by atoms with E-state index in [1.165, 1.54) is 0 Å². The maximum absolute atomic E-state index is 11.7. The van der Waals surface area contributed by atoms with E-state index in [0.29, 0.717) is 6.54 Å². The highest BCUT2D eigenvalue weighted by molar-refractivity contribution is 5.81. The van der Waals surface area contributed by atoms with Crippen LogP contribution in [-0.2, 0) is 18.3 Å². The van der Waals surface area contributed by atoms with Gasteiger partial charge in [-0.3, -0.25) is 9.48 Å². The molecule has 2 N–H and O–H groups in total. The average molecular weight is 222 g/mol. The zero-order chi connectivity index (χ0) is 11.4. The number of hydrogen-bond acceptors (Lipinski definition) is 3. The van der Waals surface area contributed by atoms with E-state index >= 15 is 0 Å². The summed E-state index contributed by atoms with van der Waals surface area (Å²) in [4.78, 5) is 11.7. The van der Waals surface area contributed by atoms with Crippen molar-refractivity contribution in [2.75, 3.05) is 13.1 Å². The number of aromatic nitrogens is 2. The highest BCUT2D eigenvalue weighted by Gasteiger charge is 2.21. The minimum Gasteiger partial charge on any atom is -0.354 e. The standard InChI is InChI=1S/C11H18N4O/c1-15-9(5-8-14-15)4-7-13-11(16)10-3-2-6-12-10/h5,8,10,12H,2-4,6-7H2,1H3,(H,13,16)/t10-/m1/s1. The lowest BCUT2D eigenvalue weighted by atomic mass is 10.2. The fraction of sp³-hybridized carbons (Fsp3) is 0.636. The predicted octanol–water partition coefficient (Wildman–Crippen LogP) is -0.169. The minimum absolute atomic E-state index is 0.0199. The maximum atomic E-state index is 11.7. The van der Waals surface area contributed by atoms with Crippen LogP contribution in [0, 0.1) is 0 Å². The molecular formula is C11H18N4O. The van der Waals surface area contributed by atoms with Crippen molar-refractivity contribution in [3.63, 3.8) is 0 Å². The largest absolute Gasteiger partial charge is 0.354 e. The number of nitrogens with zero attached hydrogens (tertiary/aromatic N) is 2. The molecule has 1 aromatic heterocycles. The zero-order valence-electron chi connectivity index (χ0n) is 9.57. The molecule has 0 saturated carbocycles. The van der Waals surface area contributed by atoms with Crippen LogP contribution in [0.2, 0.25) is 0 Å². The van der Waals surface area contributed by atoms with Gasteiger partial charge in [-0.2, -0.15) is 5.10 Å². The van der Waals surface area contributed by atoms with Crippen molar-refractivity contribution in [3.05, 3.63) is 18.0 Å². The van der Waals surface area contributed by atoms with Gasteiger partial charge in [-0.25, -0.2) is 0 Å². The molecule has 0 aromatic carbocycles. The quantitative estimate of drug-likeness (QED) is 0.743. The molecule has 5 heteroatoms. The monoisotopic (exact) mass is 222 g/mol. The predicted molar refractivity (Wildman–Crippen MR) is 60.9 cm³/mol. The van der Waals surface area contributed by atoms with E-state index in [1.54, 1.807) is 6.20 Å². The topological polar surface area (TPSA) is 59.0 Å². The molecule has 0 bridgehead atoms. The van der Waals surface area contributed by atoms with E-state index in [2.05, 4.69) is 15.7 Å². The second kappa shape index (κ2) is 5.12. The summed E-state index contributed by atoms with van der Waals surface area (Å²) in [6.45, 7) is 1.64. The lowest BCUT2D eigenvalue weighted by Gasteiger charge is -2.10. The average Bonchev–Trinajstić information content (AvgIpc) is 2.90. The van der Waals surface area contributed by atoms with E-state index in [-0.39, 0.29) is 11.9 Å². The molecule has 1 saturated heterocycles. The number of rotatable bonds is 4. The zero-order valence-corrected chi connectivity index (χ0v) is 9.57. The Labute approximate surface area is 95.2 Å². The summed E-state index contributed by atoms with van der Waals surface area (Å²) in [6, 6.07) is 1.99. The van der Waals surface area contributed by atoms with E-state index < -0.39 is 0 Å². The molecule has 0 spiro atoms. The third kappa shape index (κ3) is 2.61. The Morgan fingerprint density at radius 3 is 3.25 bits per heavy atom. The number of carbonyl (C=O) groups is 1. The van der Waals surface area contributed by atoms with Crippen LogP contribution in [0.15, 0.2) is 12.3 Å². The first-order valence-electron chi connectivity index (χ1n) is 5.75. The number of nitrogens with one attached hydrogen (secondary N) is 2. The fourth-order valence-electron chi connectivity index (χ4n) is 1.99. The van der Waals surface area contributed by atoms with Gasteiger partial charge in [0.25, 0.3) is 0 Å². The smallest absolute Gasteiger partial charge is 0.237 e. The van der Waals surface area contributed by atoms with E-state index in [0.717, 1.165) is 31.5 Å². The van der Waals surface area contributed by atoms with Crippen molar-refractivity contribution in [3.8, 4) is 0 Å². The molecule has 2 heterocycles. The Balaban J connectivity index is 1.71. The molecule has 5 nitrogen and oxygen atoms in total.